The number of nitrogens with zero attached hydrogens (tertiary/aromatic N) is 1. The van der Waals surface area contributed by atoms with E-state index in [0.29, 0.717) is 45.4 Å². The molecule has 1 saturated heterocycles. The first-order valence-corrected chi connectivity index (χ1v) is 10.4. The van der Waals surface area contributed by atoms with Crippen molar-refractivity contribution in [2.45, 2.75) is 58.9 Å². The van der Waals surface area contributed by atoms with Crippen molar-refractivity contribution < 1.29 is 19.3 Å². The van der Waals surface area contributed by atoms with E-state index in [1.807, 2.05) is 0 Å². The third kappa shape index (κ3) is 7.03. The van der Waals surface area contributed by atoms with Crippen molar-refractivity contribution >= 4 is 0 Å². The van der Waals surface area contributed by atoms with Gasteiger partial charge in [-0.1, -0.05) is 53.7 Å². The summed E-state index contributed by atoms with van der Waals surface area (Å²) in [5.74, 6) is 0.434. The number of ether oxygens (including phenoxy) is 3. The third-order valence-corrected chi connectivity index (χ3v) is 5.04. The Balaban J connectivity index is 2.23. The molecule has 1 aromatic rings. The highest BCUT2D eigenvalue weighted by atomic mass is 16.5. The first kappa shape index (κ1) is 23.1. The molecule has 0 amide bonds. The second kappa shape index (κ2) is 10.1. The van der Waals surface area contributed by atoms with Crippen molar-refractivity contribution in [3.05, 3.63) is 28.8 Å². The van der Waals surface area contributed by atoms with Crippen molar-refractivity contribution in [2.75, 3.05) is 52.7 Å². The number of phenolic OH excluding ortho intramolecular Hbond substituents is 1. The quantitative estimate of drug-likeness (QED) is 0.827. The van der Waals surface area contributed by atoms with Crippen LogP contribution in [0.3, 0.4) is 0 Å². The second-order valence-electron chi connectivity index (χ2n) is 9.65. The van der Waals surface area contributed by atoms with Crippen molar-refractivity contribution in [1.29, 1.82) is 0 Å². The van der Waals surface area contributed by atoms with Crippen LogP contribution in [0.15, 0.2) is 12.1 Å². The summed E-state index contributed by atoms with van der Waals surface area (Å²) in [6.07, 6.45) is 0. The van der Waals surface area contributed by atoms with Crippen LogP contribution >= 0.6 is 0 Å². The van der Waals surface area contributed by atoms with Gasteiger partial charge in [0.05, 0.1) is 39.6 Å². The van der Waals surface area contributed by atoms with Crippen molar-refractivity contribution in [3.8, 4) is 5.75 Å². The number of rotatable bonds is 2. The van der Waals surface area contributed by atoms with Gasteiger partial charge in [0.2, 0.25) is 0 Å². The highest BCUT2D eigenvalue weighted by Crippen LogP contribution is 2.40. The Morgan fingerprint density at radius 3 is 1.54 bits per heavy atom. The van der Waals surface area contributed by atoms with Crippen LogP contribution in [0, 0.1) is 0 Å². The van der Waals surface area contributed by atoms with Crippen LogP contribution < -0.4 is 0 Å². The van der Waals surface area contributed by atoms with E-state index in [4.69, 9.17) is 14.2 Å². The highest BCUT2D eigenvalue weighted by Gasteiger charge is 2.26. The summed E-state index contributed by atoms with van der Waals surface area (Å²) in [6, 6.07) is 4.33. The molecule has 1 aliphatic heterocycles. The van der Waals surface area contributed by atoms with Crippen LogP contribution in [0.5, 0.6) is 5.75 Å². The molecule has 0 unspecified atom stereocenters. The minimum Gasteiger partial charge on any atom is -0.507 e. The molecule has 1 aromatic carbocycles. The van der Waals surface area contributed by atoms with E-state index in [1.54, 1.807) is 0 Å². The first-order chi connectivity index (χ1) is 13.1. The Morgan fingerprint density at radius 2 is 1.14 bits per heavy atom. The molecule has 1 fully saturated rings. The van der Waals surface area contributed by atoms with Crippen molar-refractivity contribution in [3.63, 3.8) is 0 Å². The largest absolute Gasteiger partial charge is 0.507 e. The SMILES string of the molecule is CC(C)(C)c1cc(CN2CCOCCOCCOCC2)cc(C(C)(C)C)c1O. The molecular formula is C23H39NO4. The van der Waals surface area contributed by atoms with E-state index in [1.165, 1.54) is 5.56 Å². The molecule has 2 rings (SSSR count). The van der Waals surface area contributed by atoms with Crippen molar-refractivity contribution in [1.82, 2.24) is 4.90 Å². The molecule has 0 bridgehead atoms. The van der Waals surface area contributed by atoms with E-state index in [0.717, 1.165) is 30.8 Å². The Bertz CT molecular complexity index is 569. The van der Waals surface area contributed by atoms with Crippen LogP contribution in [-0.2, 0) is 31.6 Å². The van der Waals surface area contributed by atoms with Crippen molar-refractivity contribution in [2.24, 2.45) is 0 Å². The molecule has 5 heteroatoms. The molecule has 0 radical (unpaired) electrons. The van der Waals surface area contributed by atoms with Gasteiger partial charge < -0.3 is 19.3 Å². The lowest BCUT2D eigenvalue weighted by Crippen LogP contribution is -2.32. The Labute approximate surface area is 171 Å². The van der Waals surface area contributed by atoms with Gasteiger partial charge in [0.1, 0.15) is 5.75 Å². The number of hydrogen-bond donors (Lipinski definition) is 1. The minimum absolute atomic E-state index is 0.117. The van der Waals surface area contributed by atoms with Gasteiger partial charge in [-0.05, 0) is 27.5 Å². The average molecular weight is 394 g/mol. The number of aromatic hydroxyl groups is 1. The summed E-state index contributed by atoms with van der Waals surface area (Å²) in [5, 5.41) is 10.9. The van der Waals surface area contributed by atoms with Crippen LogP contribution in [0.2, 0.25) is 0 Å². The first-order valence-electron chi connectivity index (χ1n) is 10.4. The summed E-state index contributed by atoms with van der Waals surface area (Å²) in [5.41, 5.74) is 3.01. The molecule has 1 heterocycles. The second-order valence-corrected chi connectivity index (χ2v) is 9.65. The molecule has 28 heavy (non-hydrogen) atoms. The Kier molecular flexibility index (Phi) is 8.31. The average Bonchev–Trinajstić information content (AvgIpc) is 2.56. The van der Waals surface area contributed by atoms with Gasteiger partial charge in [0.15, 0.2) is 0 Å². The summed E-state index contributed by atoms with van der Waals surface area (Å²) < 4.78 is 16.8. The number of benzene rings is 1. The molecule has 5 nitrogen and oxygen atoms in total. The van der Waals surface area contributed by atoms with E-state index in [9.17, 15) is 5.11 Å². The third-order valence-electron chi connectivity index (χ3n) is 5.04. The van der Waals surface area contributed by atoms with E-state index >= 15 is 0 Å². The molecule has 0 atom stereocenters. The van der Waals surface area contributed by atoms with Crippen LogP contribution in [-0.4, -0.2) is 62.7 Å². The Morgan fingerprint density at radius 1 is 0.750 bits per heavy atom. The zero-order valence-electron chi connectivity index (χ0n) is 18.6. The van der Waals surface area contributed by atoms with E-state index < -0.39 is 0 Å². The molecule has 160 valence electrons. The maximum absolute atomic E-state index is 10.9. The Hall–Kier alpha value is -1.14. The zero-order chi connectivity index (χ0) is 20.8. The summed E-state index contributed by atoms with van der Waals surface area (Å²) >= 11 is 0. The molecule has 0 aliphatic carbocycles. The molecule has 0 saturated carbocycles. The van der Waals surface area contributed by atoms with Gasteiger partial charge in [0.25, 0.3) is 0 Å². The standard InChI is InChI=1S/C23H39NO4/c1-22(2,3)19-15-18(16-20(21(19)25)23(4,5)6)17-24-7-9-26-11-13-28-14-12-27-10-8-24/h15-16,25H,7-14,17H2,1-6H3. The molecule has 0 aromatic heterocycles. The van der Waals surface area contributed by atoms with Gasteiger partial charge in [-0.3, -0.25) is 4.90 Å². The van der Waals surface area contributed by atoms with Gasteiger partial charge in [0, 0.05) is 19.6 Å². The fraction of sp³-hybridized carbons (Fsp3) is 0.739. The van der Waals surface area contributed by atoms with E-state index in [-0.39, 0.29) is 10.8 Å². The lowest BCUT2D eigenvalue weighted by Gasteiger charge is -2.30. The summed E-state index contributed by atoms with van der Waals surface area (Å²) in [6.45, 7) is 19.2. The lowest BCUT2D eigenvalue weighted by atomic mass is 9.78. The topological polar surface area (TPSA) is 51.2 Å². The predicted molar refractivity (Wildman–Crippen MR) is 113 cm³/mol. The predicted octanol–water partition coefficient (Wildman–Crippen LogP) is 3.85. The molecule has 1 N–H and O–H groups in total. The number of hydrogen-bond acceptors (Lipinski definition) is 5. The minimum atomic E-state index is -0.117. The molecular weight excluding hydrogens is 354 g/mol. The van der Waals surface area contributed by atoms with Gasteiger partial charge in [-0.2, -0.15) is 0 Å². The monoisotopic (exact) mass is 393 g/mol. The highest BCUT2D eigenvalue weighted by molar-refractivity contribution is 5.49. The van der Waals surface area contributed by atoms with Crippen LogP contribution in [0.4, 0.5) is 0 Å². The smallest absolute Gasteiger partial charge is 0.123 e. The summed E-state index contributed by atoms with van der Waals surface area (Å²) in [4.78, 5) is 2.37. The normalized spacial score (nSPS) is 19.1. The van der Waals surface area contributed by atoms with Crippen LogP contribution in [0.25, 0.3) is 0 Å². The zero-order valence-corrected chi connectivity index (χ0v) is 18.6. The number of phenols is 1. The van der Waals surface area contributed by atoms with E-state index in [2.05, 4.69) is 58.6 Å². The lowest BCUT2D eigenvalue weighted by molar-refractivity contribution is -0.00690. The van der Waals surface area contributed by atoms with Gasteiger partial charge >= 0.3 is 0 Å². The van der Waals surface area contributed by atoms with Gasteiger partial charge in [-0.15, -0.1) is 0 Å². The maximum atomic E-state index is 10.9. The molecule has 1 aliphatic rings. The fourth-order valence-corrected chi connectivity index (χ4v) is 3.39. The molecule has 0 spiro atoms. The van der Waals surface area contributed by atoms with Gasteiger partial charge in [-0.25, -0.2) is 0 Å². The maximum Gasteiger partial charge on any atom is 0.123 e. The fourth-order valence-electron chi connectivity index (χ4n) is 3.39. The summed E-state index contributed by atoms with van der Waals surface area (Å²) in [7, 11) is 0. The van der Waals surface area contributed by atoms with Crippen LogP contribution in [0.1, 0.15) is 58.2 Å².